The van der Waals surface area contributed by atoms with Crippen molar-refractivity contribution in [3.63, 3.8) is 0 Å². The van der Waals surface area contributed by atoms with Crippen LogP contribution in [-0.4, -0.2) is 0 Å². The second-order valence-corrected chi connectivity index (χ2v) is 4.73. The molecule has 0 bridgehead atoms. The van der Waals surface area contributed by atoms with Crippen molar-refractivity contribution in [3.05, 3.63) is 90.5 Å². The van der Waals surface area contributed by atoms with Crippen molar-refractivity contribution in [3.8, 4) is 0 Å². The Morgan fingerprint density at radius 2 is 1.52 bits per heavy atom. The Morgan fingerprint density at radius 1 is 0.952 bits per heavy atom. The highest BCUT2D eigenvalue weighted by atomic mass is 14.0. The first-order chi connectivity index (χ1) is 10.2. The van der Waals surface area contributed by atoms with Crippen molar-refractivity contribution >= 4 is 17.7 Å². The van der Waals surface area contributed by atoms with Crippen LogP contribution in [0.15, 0.2) is 73.8 Å². The summed E-state index contributed by atoms with van der Waals surface area (Å²) in [6.07, 6.45) is 7.02. The van der Waals surface area contributed by atoms with E-state index in [2.05, 4.69) is 80.8 Å². The summed E-state index contributed by atoms with van der Waals surface area (Å²) in [5.41, 5.74) is 4.85. The molecule has 0 spiro atoms. The molecule has 0 heteroatoms. The molecule has 0 saturated heterocycles. The lowest BCUT2D eigenvalue weighted by molar-refractivity contribution is 1.24. The summed E-state index contributed by atoms with van der Waals surface area (Å²) in [6, 6.07) is 18.8. The standard InChI is InChI=1S/C18H18.C3H6/c1-3-15(2)18-11-7-10-17(14-18)13-12-16-8-5-4-6-9-16;1-3-2/h4-14H,2-3H2,1H3;3H,1H2,2H3/b13-12+;. The van der Waals surface area contributed by atoms with E-state index in [0.717, 1.165) is 6.42 Å². The Bertz CT molecular complexity index is 588. The molecule has 0 aliphatic heterocycles. The number of hydrogen-bond acceptors (Lipinski definition) is 0. The fourth-order valence-corrected chi connectivity index (χ4v) is 1.82. The molecule has 0 aliphatic rings. The molecule has 0 radical (unpaired) electrons. The lowest BCUT2D eigenvalue weighted by Crippen LogP contribution is -1.82. The molecule has 0 heterocycles. The minimum atomic E-state index is 0.992. The maximum absolute atomic E-state index is 4.08. The van der Waals surface area contributed by atoms with Crippen molar-refractivity contribution in [1.29, 1.82) is 0 Å². The van der Waals surface area contributed by atoms with Crippen LogP contribution in [0.4, 0.5) is 0 Å². The summed E-state index contributed by atoms with van der Waals surface area (Å²) in [4.78, 5) is 0. The van der Waals surface area contributed by atoms with Gasteiger partial charge in [0, 0.05) is 0 Å². The van der Waals surface area contributed by atoms with Gasteiger partial charge in [-0.05, 0) is 41.7 Å². The molecule has 0 aromatic heterocycles. The van der Waals surface area contributed by atoms with Gasteiger partial charge in [-0.2, -0.15) is 0 Å². The normalized spacial score (nSPS) is 9.81. The van der Waals surface area contributed by atoms with Gasteiger partial charge in [-0.1, -0.05) is 80.3 Å². The molecule has 108 valence electrons. The average Bonchev–Trinajstić information content (AvgIpc) is 2.54. The van der Waals surface area contributed by atoms with Gasteiger partial charge in [0.1, 0.15) is 0 Å². The monoisotopic (exact) mass is 276 g/mol. The molecule has 0 fully saturated rings. The maximum atomic E-state index is 4.08. The summed E-state index contributed by atoms with van der Waals surface area (Å²) in [5.74, 6) is 0. The van der Waals surface area contributed by atoms with E-state index in [1.165, 1.54) is 22.3 Å². The zero-order valence-corrected chi connectivity index (χ0v) is 13.0. The predicted octanol–water partition coefficient (Wildman–Crippen LogP) is 6.47. The van der Waals surface area contributed by atoms with Gasteiger partial charge in [0.15, 0.2) is 0 Å². The van der Waals surface area contributed by atoms with E-state index in [-0.39, 0.29) is 0 Å². The van der Waals surface area contributed by atoms with E-state index in [0.29, 0.717) is 0 Å². The molecule has 0 amide bonds. The smallest absolute Gasteiger partial charge is 0.0225 e. The third-order valence-corrected chi connectivity index (χ3v) is 2.99. The molecule has 0 N–H and O–H groups in total. The zero-order valence-electron chi connectivity index (χ0n) is 13.0. The van der Waals surface area contributed by atoms with Crippen LogP contribution < -0.4 is 0 Å². The Morgan fingerprint density at radius 3 is 2.14 bits per heavy atom. The molecule has 0 nitrogen and oxygen atoms in total. The average molecular weight is 276 g/mol. The first-order valence-electron chi connectivity index (χ1n) is 7.29. The van der Waals surface area contributed by atoms with Gasteiger partial charge >= 0.3 is 0 Å². The summed E-state index contributed by atoms with van der Waals surface area (Å²) in [7, 11) is 0. The lowest BCUT2D eigenvalue weighted by atomic mass is 10.0. The van der Waals surface area contributed by atoms with Crippen LogP contribution in [0.2, 0.25) is 0 Å². The van der Waals surface area contributed by atoms with Crippen LogP contribution in [0.25, 0.3) is 17.7 Å². The summed E-state index contributed by atoms with van der Waals surface area (Å²) in [6.45, 7) is 11.5. The molecule has 0 unspecified atom stereocenters. The number of benzene rings is 2. The summed E-state index contributed by atoms with van der Waals surface area (Å²) < 4.78 is 0. The van der Waals surface area contributed by atoms with Gasteiger partial charge in [-0.3, -0.25) is 0 Å². The SMILES string of the molecule is C=C(CC)c1cccc(/C=C/c2ccccc2)c1.C=CC. The van der Waals surface area contributed by atoms with Gasteiger partial charge in [-0.15, -0.1) is 6.58 Å². The van der Waals surface area contributed by atoms with Crippen molar-refractivity contribution < 1.29 is 0 Å². The first-order valence-corrected chi connectivity index (χ1v) is 7.29. The second kappa shape index (κ2) is 9.55. The van der Waals surface area contributed by atoms with Gasteiger partial charge in [-0.25, -0.2) is 0 Å². The molecule has 2 aromatic carbocycles. The fraction of sp³-hybridized carbons (Fsp3) is 0.143. The summed E-state index contributed by atoms with van der Waals surface area (Å²) in [5, 5.41) is 0. The van der Waals surface area contributed by atoms with Crippen molar-refractivity contribution in [2.24, 2.45) is 0 Å². The molecule has 0 atom stereocenters. The van der Waals surface area contributed by atoms with Gasteiger partial charge in [0.25, 0.3) is 0 Å². The van der Waals surface area contributed by atoms with E-state index in [9.17, 15) is 0 Å². The molecule has 0 saturated carbocycles. The minimum absolute atomic E-state index is 0.992. The predicted molar refractivity (Wildman–Crippen MR) is 97.0 cm³/mol. The molecular weight excluding hydrogens is 252 g/mol. The van der Waals surface area contributed by atoms with Crippen molar-refractivity contribution in [2.45, 2.75) is 20.3 Å². The maximum Gasteiger partial charge on any atom is -0.0225 e. The molecule has 21 heavy (non-hydrogen) atoms. The molecule has 2 rings (SSSR count). The minimum Gasteiger partial charge on any atom is -0.103 e. The van der Waals surface area contributed by atoms with E-state index < -0.39 is 0 Å². The van der Waals surface area contributed by atoms with Crippen molar-refractivity contribution in [1.82, 2.24) is 0 Å². The van der Waals surface area contributed by atoms with E-state index in [4.69, 9.17) is 0 Å². The lowest BCUT2D eigenvalue weighted by Gasteiger charge is -2.03. The van der Waals surface area contributed by atoms with E-state index in [1.807, 2.05) is 13.0 Å². The van der Waals surface area contributed by atoms with Crippen LogP contribution in [0.3, 0.4) is 0 Å². The van der Waals surface area contributed by atoms with Crippen LogP contribution in [0, 0.1) is 0 Å². The quantitative estimate of drug-likeness (QED) is 0.443. The van der Waals surface area contributed by atoms with Gasteiger partial charge < -0.3 is 0 Å². The van der Waals surface area contributed by atoms with Crippen LogP contribution in [0.1, 0.15) is 37.0 Å². The Balaban J connectivity index is 0.000000677. The third-order valence-electron chi connectivity index (χ3n) is 2.99. The second-order valence-electron chi connectivity index (χ2n) is 4.73. The molecular formula is C21H24. The highest BCUT2D eigenvalue weighted by molar-refractivity contribution is 5.72. The van der Waals surface area contributed by atoms with Crippen LogP contribution in [-0.2, 0) is 0 Å². The van der Waals surface area contributed by atoms with Crippen LogP contribution >= 0.6 is 0 Å². The number of rotatable bonds is 4. The zero-order chi connectivity index (χ0) is 15.5. The highest BCUT2D eigenvalue weighted by Crippen LogP contribution is 2.18. The Hall–Kier alpha value is -2.34. The Kier molecular flexibility index (Phi) is 7.60. The topological polar surface area (TPSA) is 0 Å². The van der Waals surface area contributed by atoms with Crippen LogP contribution in [0.5, 0.6) is 0 Å². The highest BCUT2D eigenvalue weighted by Gasteiger charge is 1.96. The number of allylic oxidation sites excluding steroid dienone is 2. The summed E-state index contributed by atoms with van der Waals surface area (Å²) >= 11 is 0. The molecule has 0 aliphatic carbocycles. The first kappa shape index (κ1) is 16.7. The van der Waals surface area contributed by atoms with Gasteiger partial charge in [0.05, 0.1) is 0 Å². The largest absolute Gasteiger partial charge is 0.103 e. The van der Waals surface area contributed by atoms with E-state index >= 15 is 0 Å². The fourth-order valence-electron chi connectivity index (χ4n) is 1.82. The third kappa shape index (κ3) is 6.09. The van der Waals surface area contributed by atoms with Gasteiger partial charge in [0.2, 0.25) is 0 Å². The van der Waals surface area contributed by atoms with Crippen molar-refractivity contribution in [2.75, 3.05) is 0 Å². The van der Waals surface area contributed by atoms with E-state index in [1.54, 1.807) is 6.08 Å². The Labute approximate surface area is 129 Å². The molecule has 2 aromatic rings. The number of hydrogen-bond donors (Lipinski definition) is 0.